The van der Waals surface area contributed by atoms with Gasteiger partial charge >= 0.3 is 0 Å². The van der Waals surface area contributed by atoms with E-state index < -0.39 is 10.8 Å². The molecule has 144 valence electrons. The van der Waals surface area contributed by atoms with E-state index in [1.807, 2.05) is 6.07 Å². The summed E-state index contributed by atoms with van der Waals surface area (Å²) in [5.74, 6) is -0.252. The molecular weight excluding hydrogens is 352 g/mol. The molecule has 0 bridgehead atoms. The molecule has 0 saturated carbocycles. The van der Waals surface area contributed by atoms with Crippen molar-refractivity contribution < 1.29 is 14.5 Å². The van der Waals surface area contributed by atoms with Gasteiger partial charge in [-0.3, -0.25) is 19.8 Å². The number of nitriles is 1. The van der Waals surface area contributed by atoms with Crippen molar-refractivity contribution >= 4 is 17.3 Å². The Morgan fingerprint density at radius 3 is 2.85 bits per heavy atom. The van der Waals surface area contributed by atoms with E-state index in [1.165, 1.54) is 31.5 Å². The lowest BCUT2D eigenvalue weighted by Crippen LogP contribution is -2.46. The number of amides is 1. The third-order valence-corrected chi connectivity index (χ3v) is 4.06. The van der Waals surface area contributed by atoms with Crippen molar-refractivity contribution in [3.05, 3.63) is 40.1 Å². The van der Waals surface area contributed by atoms with E-state index in [-0.39, 0.29) is 17.0 Å². The first kappa shape index (κ1) is 20.2. The number of benzene rings is 1. The van der Waals surface area contributed by atoms with E-state index in [1.54, 1.807) is 0 Å². The Bertz CT molecular complexity index is 752. The standard InChI is InChI=1S/C17H22N6O4/c1-27-16-10-14(23(25)26)2-3-15(16)21-12-13(11-18)17(24)20-6-9-22-7-4-19-5-8-22/h2-3,10,12,19,21H,4-9H2,1H3,(H,20,24)/b13-12-. The van der Waals surface area contributed by atoms with E-state index in [0.717, 1.165) is 32.7 Å². The molecule has 1 saturated heterocycles. The van der Waals surface area contributed by atoms with Crippen LogP contribution in [0.2, 0.25) is 0 Å². The van der Waals surface area contributed by atoms with Crippen molar-refractivity contribution in [3.8, 4) is 11.8 Å². The molecule has 1 fully saturated rings. The molecule has 1 aromatic rings. The normalized spacial score (nSPS) is 14.9. The van der Waals surface area contributed by atoms with Crippen LogP contribution in [0.3, 0.4) is 0 Å². The summed E-state index contributed by atoms with van der Waals surface area (Å²) in [5.41, 5.74) is 0.188. The molecule has 1 aliphatic heterocycles. The number of nitrogens with zero attached hydrogens (tertiary/aromatic N) is 3. The molecule has 1 aliphatic rings. The molecule has 1 heterocycles. The van der Waals surface area contributed by atoms with E-state index in [2.05, 4.69) is 20.9 Å². The van der Waals surface area contributed by atoms with Gasteiger partial charge in [0.15, 0.2) is 0 Å². The zero-order valence-corrected chi connectivity index (χ0v) is 15.0. The summed E-state index contributed by atoms with van der Waals surface area (Å²) >= 11 is 0. The predicted molar refractivity (Wildman–Crippen MR) is 99.3 cm³/mol. The largest absolute Gasteiger partial charge is 0.494 e. The Hall–Kier alpha value is -3.16. The highest BCUT2D eigenvalue weighted by Crippen LogP contribution is 2.29. The van der Waals surface area contributed by atoms with Crippen LogP contribution in [0.25, 0.3) is 0 Å². The maximum atomic E-state index is 12.1. The van der Waals surface area contributed by atoms with E-state index in [4.69, 9.17) is 4.74 Å². The van der Waals surface area contributed by atoms with Gasteiger partial charge in [0.1, 0.15) is 17.4 Å². The smallest absolute Gasteiger partial charge is 0.273 e. The summed E-state index contributed by atoms with van der Waals surface area (Å²) in [5, 5.41) is 28.8. The Balaban J connectivity index is 1.93. The average molecular weight is 374 g/mol. The van der Waals surface area contributed by atoms with Crippen LogP contribution in [0.15, 0.2) is 30.0 Å². The number of hydrogen-bond donors (Lipinski definition) is 3. The molecule has 10 nitrogen and oxygen atoms in total. The molecular formula is C17H22N6O4. The third kappa shape index (κ3) is 5.95. The quantitative estimate of drug-likeness (QED) is 0.258. The highest BCUT2D eigenvalue weighted by atomic mass is 16.6. The van der Waals surface area contributed by atoms with E-state index >= 15 is 0 Å². The van der Waals surface area contributed by atoms with Gasteiger partial charge in [0.25, 0.3) is 11.6 Å². The fourth-order valence-electron chi connectivity index (χ4n) is 2.57. The Kier molecular flexibility index (Phi) is 7.54. The number of anilines is 1. The van der Waals surface area contributed by atoms with Crippen LogP contribution in [0.4, 0.5) is 11.4 Å². The van der Waals surface area contributed by atoms with Crippen molar-refractivity contribution in [1.29, 1.82) is 5.26 Å². The van der Waals surface area contributed by atoms with Crippen molar-refractivity contribution in [3.63, 3.8) is 0 Å². The summed E-state index contributed by atoms with van der Waals surface area (Å²) in [6.07, 6.45) is 1.25. The molecule has 0 atom stereocenters. The second kappa shape index (κ2) is 10.1. The number of nitrogens with one attached hydrogen (secondary N) is 3. The minimum atomic E-state index is -0.533. The van der Waals surface area contributed by atoms with Crippen LogP contribution in [0.5, 0.6) is 5.75 Å². The number of non-ortho nitro benzene ring substituents is 1. The molecule has 0 spiro atoms. The second-order valence-electron chi connectivity index (χ2n) is 5.80. The van der Waals surface area contributed by atoms with Gasteiger partial charge in [-0.05, 0) is 6.07 Å². The molecule has 1 amide bonds. The number of nitro groups is 1. The second-order valence-corrected chi connectivity index (χ2v) is 5.80. The highest BCUT2D eigenvalue weighted by Gasteiger charge is 2.13. The van der Waals surface area contributed by atoms with Crippen LogP contribution >= 0.6 is 0 Å². The molecule has 0 radical (unpaired) electrons. The van der Waals surface area contributed by atoms with Crippen LogP contribution < -0.4 is 20.7 Å². The number of rotatable bonds is 8. The molecule has 0 aromatic heterocycles. The van der Waals surface area contributed by atoms with E-state index in [0.29, 0.717) is 12.2 Å². The van der Waals surface area contributed by atoms with Crippen molar-refractivity contribution in [2.45, 2.75) is 0 Å². The van der Waals surface area contributed by atoms with Crippen molar-refractivity contribution in [2.75, 3.05) is 51.7 Å². The van der Waals surface area contributed by atoms with Crippen LogP contribution in [-0.4, -0.2) is 62.1 Å². The summed E-state index contributed by atoms with van der Waals surface area (Å²) in [4.78, 5) is 24.6. The van der Waals surface area contributed by atoms with Gasteiger partial charge in [0, 0.05) is 51.5 Å². The van der Waals surface area contributed by atoms with Crippen LogP contribution in [-0.2, 0) is 4.79 Å². The number of carbonyl (C=O) groups excluding carboxylic acids is 1. The van der Waals surface area contributed by atoms with E-state index in [9.17, 15) is 20.2 Å². The fraction of sp³-hybridized carbons (Fsp3) is 0.412. The lowest BCUT2D eigenvalue weighted by molar-refractivity contribution is -0.384. The molecule has 10 heteroatoms. The molecule has 27 heavy (non-hydrogen) atoms. The minimum Gasteiger partial charge on any atom is -0.494 e. The predicted octanol–water partition coefficient (Wildman–Crippen LogP) is 0.444. The molecule has 0 aliphatic carbocycles. The molecule has 1 aromatic carbocycles. The highest BCUT2D eigenvalue weighted by molar-refractivity contribution is 5.97. The fourth-order valence-corrected chi connectivity index (χ4v) is 2.57. The average Bonchev–Trinajstić information content (AvgIpc) is 2.69. The van der Waals surface area contributed by atoms with Gasteiger partial charge in [0.2, 0.25) is 0 Å². The lowest BCUT2D eigenvalue weighted by Gasteiger charge is -2.27. The molecule has 3 N–H and O–H groups in total. The summed E-state index contributed by atoms with van der Waals surface area (Å²) < 4.78 is 5.10. The number of ether oxygens (including phenoxy) is 1. The number of piperazine rings is 1. The third-order valence-electron chi connectivity index (χ3n) is 4.06. The number of hydrogen-bond acceptors (Lipinski definition) is 8. The summed E-state index contributed by atoms with van der Waals surface area (Å²) in [7, 11) is 1.38. The van der Waals surface area contributed by atoms with Gasteiger partial charge in [0.05, 0.1) is 23.8 Å². The minimum absolute atomic E-state index is 0.101. The van der Waals surface area contributed by atoms with Crippen LogP contribution in [0.1, 0.15) is 0 Å². The first-order valence-electron chi connectivity index (χ1n) is 8.45. The van der Waals surface area contributed by atoms with Gasteiger partial charge in [-0.2, -0.15) is 5.26 Å². The van der Waals surface area contributed by atoms with Gasteiger partial charge < -0.3 is 20.7 Å². The SMILES string of the molecule is COc1cc([N+](=O)[O-])ccc1N/C=C(/C#N)C(=O)NCCN1CCNCC1. The van der Waals surface area contributed by atoms with Crippen molar-refractivity contribution in [2.24, 2.45) is 0 Å². The zero-order chi connectivity index (χ0) is 19.6. The number of nitro benzene ring substituents is 1. The maximum Gasteiger partial charge on any atom is 0.273 e. The monoisotopic (exact) mass is 374 g/mol. The van der Waals surface area contributed by atoms with Gasteiger partial charge in [-0.25, -0.2) is 0 Å². The number of carbonyl (C=O) groups is 1. The number of methoxy groups -OCH3 is 1. The lowest BCUT2D eigenvalue weighted by atomic mass is 10.2. The van der Waals surface area contributed by atoms with Crippen molar-refractivity contribution in [1.82, 2.24) is 15.5 Å². The zero-order valence-electron chi connectivity index (χ0n) is 15.0. The molecule has 0 unspecified atom stereocenters. The van der Waals surface area contributed by atoms with Crippen LogP contribution in [0, 0.1) is 21.4 Å². The maximum absolute atomic E-state index is 12.1. The Morgan fingerprint density at radius 1 is 1.48 bits per heavy atom. The first-order chi connectivity index (χ1) is 13.0. The Morgan fingerprint density at radius 2 is 2.22 bits per heavy atom. The summed E-state index contributed by atoms with van der Waals surface area (Å²) in [6.45, 7) is 4.88. The van der Waals surface area contributed by atoms with Gasteiger partial charge in [-0.15, -0.1) is 0 Å². The first-order valence-corrected chi connectivity index (χ1v) is 8.45. The molecule has 2 rings (SSSR count). The van der Waals surface area contributed by atoms with Gasteiger partial charge in [-0.1, -0.05) is 0 Å². The topological polar surface area (TPSA) is 133 Å². The Labute approximate surface area is 156 Å². The summed E-state index contributed by atoms with van der Waals surface area (Å²) in [6, 6.07) is 5.85.